The largest absolute Gasteiger partial charge is 0.394 e. The van der Waals surface area contributed by atoms with Crippen LogP contribution in [0.5, 0.6) is 0 Å². The normalized spacial score (nSPS) is 35.9. The molecule has 0 aromatic carbocycles. The van der Waals surface area contributed by atoms with Crippen LogP contribution < -0.4 is 5.32 Å². The minimum Gasteiger partial charge on any atom is -0.394 e. The molecule has 18 heavy (non-hydrogen) atoms. The Bertz CT molecular complexity index is 315. The van der Waals surface area contributed by atoms with Crippen molar-refractivity contribution in [2.75, 3.05) is 13.7 Å². The van der Waals surface area contributed by atoms with Crippen LogP contribution in [0.25, 0.3) is 0 Å². The fraction of sp³-hybridized carbons (Fsp3) is 0.875. The summed E-state index contributed by atoms with van der Waals surface area (Å²) in [5, 5.41) is 42.4. The van der Waals surface area contributed by atoms with E-state index in [0.717, 1.165) is 7.05 Å². The van der Waals surface area contributed by atoms with Gasteiger partial charge in [0.15, 0.2) is 6.29 Å². The molecule has 0 saturated carbocycles. The minimum absolute atomic E-state index is 0.407. The van der Waals surface area contributed by atoms with Crippen molar-refractivity contribution in [3.63, 3.8) is 0 Å². The number of ether oxygens (including phenoxy) is 1. The van der Waals surface area contributed by atoms with Gasteiger partial charge in [-0.2, -0.15) is 5.01 Å². The lowest BCUT2D eigenvalue weighted by molar-refractivity contribution is -0.252. The van der Waals surface area contributed by atoms with E-state index < -0.39 is 43.3 Å². The Morgan fingerprint density at radius 1 is 1.39 bits per heavy atom. The zero-order chi connectivity index (χ0) is 13.9. The van der Waals surface area contributed by atoms with E-state index in [1.165, 1.54) is 0 Å². The van der Waals surface area contributed by atoms with Gasteiger partial charge in [-0.1, -0.05) is 0 Å². The van der Waals surface area contributed by atoms with Crippen molar-refractivity contribution in [2.24, 2.45) is 5.29 Å². The highest BCUT2D eigenvalue weighted by Gasteiger charge is 2.44. The van der Waals surface area contributed by atoms with Gasteiger partial charge in [0.2, 0.25) is 0 Å². The van der Waals surface area contributed by atoms with Crippen molar-refractivity contribution in [3.8, 4) is 0 Å². The van der Waals surface area contributed by atoms with Crippen molar-refractivity contribution >= 4 is 6.03 Å². The summed E-state index contributed by atoms with van der Waals surface area (Å²) in [6, 6.07) is -2.33. The standard InChI is InChI=1S/C8H15N3O7/c1-11(10-17)8(16)9-4-6(14)5(13)3(2-12)18-7(4)15/h3-7,12-15H,2H2,1H3,(H,9,16)/t3?,4-,5-,6-,7?/m1/s1. The van der Waals surface area contributed by atoms with Crippen molar-refractivity contribution in [1.29, 1.82) is 0 Å². The number of carbonyl (C=O) groups excluding carboxylic acids is 1. The molecule has 1 fully saturated rings. The summed E-state index contributed by atoms with van der Waals surface area (Å²) in [4.78, 5) is 21.4. The van der Waals surface area contributed by atoms with Gasteiger partial charge in [0, 0.05) is 7.05 Å². The molecule has 1 heterocycles. The summed E-state index contributed by atoms with van der Waals surface area (Å²) < 4.78 is 4.80. The first kappa shape index (κ1) is 14.7. The molecule has 5 N–H and O–H groups in total. The van der Waals surface area contributed by atoms with E-state index in [-0.39, 0.29) is 0 Å². The summed E-state index contributed by atoms with van der Waals surface area (Å²) in [5.41, 5.74) is 0. The molecular formula is C8H15N3O7. The maximum Gasteiger partial charge on any atom is 0.340 e. The molecule has 0 radical (unpaired) electrons. The Hall–Kier alpha value is -1.33. The van der Waals surface area contributed by atoms with Gasteiger partial charge in [-0.25, -0.2) is 4.79 Å². The Balaban J connectivity index is 2.71. The predicted molar refractivity (Wildman–Crippen MR) is 55.9 cm³/mol. The smallest absolute Gasteiger partial charge is 0.340 e. The number of hydrogen-bond donors (Lipinski definition) is 5. The molecule has 10 nitrogen and oxygen atoms in total. The van der Waals surface area contributed by atoms with Crippen LogP contribution in [0.2, 0.25) is 0 Å². The van der Waals surface area contributed by atoms with E-state index in [1.807, 2.05) is 0 Å². The van der Waals surface area contributed by atoms with E-state index in [2.05, 4.69) is 10.6 Å². The number of nitroso groups, excluding NO2 is 1. The molecule has 1 aliphatic rings. The lowest BCUT2D eigenvalue weighted by Crippen LogP contribution is -2.64. The van der Waals surface area contributed by atoms with Gasteiger partial charge in [-0.3, -0.25) is 0 Å². The Kier molecular flexibility index (Phi) is 4.93. The van der Waals surface area contributed by atoms with Crippen LogP contribution in [0.3, 0.4) is 0 Å². The summed E-state index contributed by atoms with van der Waals surface area (Å²) in [6.07, 6.45) is -5.84. The molecule has 0 aromatic heterocycles. The zero-order valence-electron chi connectivity index (χ0n) is 9.50. The monoisotopic (exact) mass is 265 g/mol. The average molecular weight is 265 g/mol. The number of aliphatic hydroxyl groups is 4. The molecule has 0 aromatic rings. The molecular weight excluding hydrogens is 250 g/mol. The third kappa shape index (κ3) is 2.91. The first-order valence-electron chi connectivity index (χ1n) is 5.10. The number of amides is 2. The van der Waals surface area contributed by atoms with Crippen LogP contribution in [0.15, 0.2) is 5.29 Å². The maximum absolute atomic E-state index is 11.3. The second-order valence-corrected chi connectivity index (χ2v) is 3.81. The van der Waals surface area contributed by atoms with E-state index in [1.54, 1.807) is 0 Å². The first-order valence-corrected chi connectivity index (χ1v) is 5.10. The average Bonchev–Trinajstić information content (AvgIpc) is 2.37. The Labute approximate surface area is 102 Å². The molecule has 0 spiro atoms. The number of carbonyl (C=O) groups is 1. The van der Waals surface area contributed by atoms with E-state index in [0.29, 0.717) is 5.01 Å². The van der Waals surface area contributed by atoms with Crippen molar-refractivity contribution in [3.05, 3.63) is 4.91 Å². The molecule has 2 amide bonds. The SMILES string of the molecule is CN(N=O)C(=O)N[C@H]1C(O)OC(CO)[C@@H](O)[C@@H]1O. The molecule has 0 bridgehead atoms. The molecule has 1 aliphatic heterocycles. The number of urea groups is 1. The molecule has 1 rings (SSSR count). The number of hydrogen-bond acceptors (Lipinski definition) is 8. The molecule has 0 aliphatic carbocycles. The summed E-state index contributed by atoms with van der Waals surface area (Å²) in [7, 11) is 1.07. The lowest BCUT2D eigenvalue weighted by Gasteiger charge is -2.40. The van der Waals surface area contributed by atoms with E-state index in [9.17, 15) is 25.0 Å². The zero-order valence-corrected chi connectivity index (χ0v) is 9.50. The van der Waals surface area contributed by atoms with Crippen LogP contribution in [-0.2, 0) is 4.74 Å². The number of nitrogens with zero attached hydrogens (tertiary/aromatic N) is 2. The van der Waals surface area contributed by atoms with Gasteiger partial charge >= 0.3 is 6.03 Å². The second kappa shape index (κ2) is 6.02. The minimum atomic E-state index is -1.63. The van der Waals surface area contributed by atoms with Crippen molar-refractivity contribution < 1.29 is 30.0 Å². The van der Waals surface area contributed by atoms with Crippen LogP contribution in [0.1, 0.15) is 0 Å². The molecule has 1 saturated heterocycles. The quantitative estimate of drug-likeness (QED) is 0.271. The van der Waals surface area contributed by atoms with Gasteiger partial charge in [0.25, 0.3) is 0 Å². The van der Waals surface area contributed by atoms with E-state index >= 15 is 0 Å². The lowest BCUT2D eigenvalue weighted by atomic mass is 9.97. The fourth-order valence-corrected chi connectivity index (χ4v) is 1.53. The fourth-order valence-electron chi connectivity index (χ4n) is 1.53. The summed E-state index contributed by atoms with van der Waals surface area (Å²) in [6.45, 7) is -0.605. The molecule has 10 heteroatoms. The third-order valence-electron chi connectivity index (χ3n) is 2.61. The van der Waals surface area contributed by atoms with Crippen LogP contribution in [0, 0.1) is 4.91 Å². The summed E-state index contributed by atoms with van der Waals surface area (Å²) >= 11 is 0. The Morgan fingerprint density at radius 2 is 2.00 bits per heavy atom. The topological polar surface area (TPSA) is 152 Å². The van der Waals surface area contributed by atoms with Crippen LogP contribution in [-0.4, -0.2) is 75.8 Å². The van der Waals surface area contributed by atoms with Gasteiger partial charge in [0.1, 0.15) is 24.4 Å². The Morgan fingerprint density at radius 3 is 2.50 bits per heavy atom. The van der Waals surface area contributed by atoms with Gasteiger partial charge in [-0.05, 0) is 0 Å². The molecule has 104 valence electrons. The van der Waals surface area contributed by atoms with Crippen molar-refractivity contribution in [2.45, 2.75) is 30.6 Å². The number of nitrogens with one attached hydrogen (secondary N) is 1. The maximum atomic E-state index is 11.3. The van der Waals surface area contributed by atoms with Gasteiger partial charge < -0.3 is 30.5 Å². The first-order chi connectivity index (χ1) is 8.42. The van der Waals surface area contributed by atoms with Crippen molar-refractivity contribution in [1.82, 2.24) is 10.3 Å². The molecule has 2 unspecified atom stereocenters. The molecule has 5 atom stereocenters. The second-order valence-electron chi connectivity index (χ2n) is 3.81. The highest BCUT2D eigenvalue weighted by atomic mass is 16.6. The number of rotatable bonds is 3. The van der Waals surface area contributed by atoms with Gasteiger partial charge in [-0.15, -0.1) is 4.91 Å². The third-order valence-corrected chi connectivity index (χ3v) is 2.61. The van der Waals surface area contributed by atoms with Gasteiger partial charge in [0.05, 0.1) is 11.9 Å². The number of aliphatic hydroxyl groups excluding tert-OH is 4. The predicted octanol–water partition coefficient (Wildman–Crippen LogP) is -2.89. The van der Waals surface area contributed by atoms with Crippen LogP contribution >= 0.6 is 0 Å². The van der Waals surface area contributed by atoms with E-state index in [4.69, 9.17) is 9.84 Å². The highest BCUT2D eigenvalue weighted by molar-refractivity contribution is 5.73. The highest BCUT2D eigenvalue weighted by Crippen LogP contribution is 2.19. The summed E-state index contributed by atoms with van der Waals surface area (Å²) in [5.74, 6) is 0. The van der Waals surface area contributed by atoms with Crippen LogP contribution in [0.4, 0.5) is 4.79 Å².